The third-order valence-corrected chi connectivity index (χ3v) is 5.75. The molecule has 0 fully saturated rings. The molecule has 1 atom stereocenters. The van der Waals surface area contributed by atoms with E-state index in [0.29, 0.717) is 33.7 Å². The number of hydrogen-bond donors (Lipinski definition) is 2. The van der Waals surface area contributed by atoms with E-state index in [1.165, 1.54) is 6.92 Å². The number of nitrogens with one attached hydrogen (secondary N) is 1. The molecule has 1 heterocycles. The van der Waals surface area contributed by atoms with E-state index in [4.69, 9.17) is 29.9 Å². The van der Waals surface area contributed by atoms with Crippen molar-refractivity contribution in [3.05, 3.63) is 69.6 Å². The maximum absolute atomic E-state index is 14.3. The largest absolute Gasteiger partial charge is 0.487 e. The molecule has 13 heteroatoms. The van der Waals surface area contributed by atoms with Gasteiger partial charge >= 0.3 is 6.61 Å². The topological polar surface area (TPSA) is 111 Å². The SMILES string of the molecule is [B][C@@](C)(NC(=O)COC(F)F)c1cc(F)cc(Cl)c1COc1cccc2c(C(N=CN)=NC)cc(C)nc12. The van der Waals surface area contributed by atoms with E-state index in [0.717, 1.165) is 18.5 Å². The smallest absolute Gasteiger partial charge is 0.345 e. The number of aromatic nitrogens is 1. The highest BCUT2D eigenvalue weighted by molar-refractivity contribution is 6.31. The van der Waals surface area contributed by atoms with Gasteiger partial charge in [0.05, 0.1) is 11.4 Å². The van der Waals surface area contributed by atoms with Gasteiger partial charge in [-0.2, -0.15) is 8.78 Å². The summed E-state index contributed by atoms with van der Waals surface area (Å²) in [5, 5.41) is 3.02. The number of aliphatic imine (C=N–C) groups is 2. The first-order valence-corrected chi connectivity index (χ1v) is 11.6. The molecule has 3 rings (SSSR count). The van der Waals surface area contributed by atoms with Crippen LogP contribution >= 0.6 is 11.6 Å². The number of carbonyl (C=O) groups excluding carboxylic acids is 1. The normalized spacial score (nSPS) is 13.7. The number of aryl methyl sites for hydroxylation is 1. The number of rotatable bonds is 9. The van der Waals surface area contributed by atoms with Gasteiger partial charge < -0.3 is 20.5 Å². The molecule has 0 saturated carbocycles. The predicted octanol–water partition coefficient (Wildman–Crippen LogP) is 3.97. The number of fused-ring (bicyclic) bond motifs is 1. The minimum absolute atomic E-state index is 0.0162. The Hall–Kier alpha value is -3.64. The molecule has 0 bridgehead atoms. The summed E-state index contributed by atoms with van der Waals surface area (Å²) in [5.74, 6) is -0.881. The lowest BCUT2D eigenvalue weighted by Crippen LogP contribution is -2.46. The lowest BCUT2D eigenvalue weighted by atomic mass is 9.72. The number of pyridine rings is 1. The third-order valence-electron chi connectivity index (χ3n) is 5.41. The van der Waals surface area contributed by atoms with Crippen molar-refractivity contribution in [2.24, 2.45) is 15.7 Å². The van der Waals surface area contributed by atoms with E-state index in [2.05, 4.69) is 25.0 Å². The van der Waals surface area contributed by atoms with Crippen LogP contribution in [0.3, 0.4) is 0 Å². The molecule has 3 N–H and O–H groups in total. The summed E-state index contributed by atoms with van der Waals surface area (Å²) in [6.45, 7) is -1.11. The van der Waals surface area contributed by atoms with Gasteiger partial charge in [0.15, 0.2) is 5.84 Å². The average molecular weight is 546 g/mol. The Kier molecular flexibility index (Phi) is 9.34. The molecule has 1 aromatic heterocycles. The Bertz CT molecular complexity index is 1400. The highest BCUT2D eigenvalue weighted by Crippen LogP contribution is 2.33. The van der Waals surface area contributed by atoms with Crippen molar-refractivity contribution >= 4 is 48.4 Å². The van der Waals surface area contributed by atoms with Crippen LogP contribution in [0.5, 0.6) is 5.75 Å². The molecule has 0 saturated heterocycles. The van der Waals surface area contributed by atoms with E-state index in [1.54, 1.807) is 26.1 Å². The molecule has 0 aliphatic rings. The quantitative estimate of drug-likeness (QED) is 0.240. The fraction of sp³-hybridized carbons (Fsp3) is 0.280. The number of ether oxygens (including phenoxy) is 2. The second kappa shape index (κ2) is 12.3. The van der Waals surface area contributed by atoms with Crippen molar-refractivity contribution in [3.8, 4) is 5.75 Å². The summed E-state index contributed by atoms with van der Waals surface area (Å²) in [7, 11) is 7.84. The molecule has 0 unspecified atom stereocenters. The second-order valence-corrected chi connectivity index (χ2v) is 8.72. The van der Waals surface area contributed by atoms with E-state index >= 15 is 0 Å². The van der Waals surface area contributed by atoms with Crippen LogP contribution in [0, 0.1) is 12.7 Å². The number of amides is 1. The van der Waals surface area contributed by atoms with Crippen molar-refractivity contribution < 1.29 is 27.4 Å². The van der Waals surface area contributed by atoms with E-state index in [1.807, 2.05) is 12.1 Å². The summed E-state index contributed by atoms with van der Waals surface area (Å²) in [6.07, 6.45) is 1.14. The fourth-order valence-corrected chi connectivity index (χ4v) is 4.13. The lowest BCUT2D eigenvalue weighted by molar-refractivity contribution is -0.152. The molecular formula is C25H24BClF3N5O3. The lowest BCUT2D eigenvalue weighted by Gasteiger charge is -2.30. The number of nitrogens with two attached hydrogens (primary N) is 1. The third kappa shape index (κ3) is 6.81. The summed E-state index contributed by atoms with van der Waals surface area (Å²) in [4.78, 5) is 25.0. The highest BCUT2D eigenvalue weighted by atomic mass is 35.5. The molecule has 2 aromatic carbocycles. The molecule has 2 radical (unpaired) electrons. The first kappa shape index (κ1) is 28.9. The van der Waals surface area contributed by atoms with Crippen molar-refractivity contribution in [1.82, 2.24) is 10.3 Å². The molecule has 1 amide bonds. The van der Waals surface area contributed by atoms with Crippen LogP contribution in [0.15, 0.2) is 46.4 Å². The summed E-state index contributed by atoms with van der Waals surface area (Å²) in [5.41, 5.74) is 5.97. The van der Waals surface area contributed by atoms with Gasteiger partial charge in [-0.15, -0.1) is 0 Å². The van der Waals surface area contributed by atoms with Crippen molar-refractivity contribution in [3.63, 3.8) is 0 Å². The molecule has 0 aliphatic heterocycles. The summed E-state index contributed by atoms with van der Waals surface area (Å²) >= 11 is 6.34. The van der Waals surface area contributed by atoms with Crippen molar-refractivity contribution in [2.75, 3.05) is 13.7 Å². The fourth-order valence-electron chi connectivity index (χ4n) is 3.87. The maximum atomic E-state index is 14.3. The zero-order chi connectivity index (χ0) is 28.0. The van der Waals surface area contributed by atoms with Gasteiger partial charge in [0.25, 0.3) is 0 Å². The van der Waals surface area contributed by atoms with Crippen LogP contribution < -0.4 is 15.8 Å². The van der Waals surface area contributed by atoms with E-state index in [9.17, 15) is 18.0 Å². The molecule has 8 nitrogen and oxygen atoms in total. The number of benzene rings is 2. The van der Waals surface area contributed by atoms with Gasteiger partial charge in [0.2, 0.25) is 5.91 Å². The number of hydrogen-bond acceptors (Lipinski definition) is 5. The predicted molar refractivity (Wildman–Crippen MR) is 141 cm³/mol. The van der Waals surface area contributed by atoms with Crippen LogP contribution in [0.1, 0.15) is 29.3 Å². The number of carbonyl (C=O) groups is 1. The van der Waals surface area contributed by atoms with Crippen LogP contribution in [0.25, 0.3) is 10.9 Å². The van der Waals surface area contributed by atoms with Crippen LogP contribution in [-0.4, -0.2) is 51.2 Å². The van der Waals surface area contributed by atoms with Crippen LogP contribution in [0.2, 0.25) is 5.02 Å². The Balaban J connectivity index is 1.99. The zero-order valence-corrected chi connectivity index (χ0v) is 21.5. The first-order chi connectivity index (χ1) is 18.0. The van der Waals surface area contributed by atoms with Gasteiger partial charge in [-0.1, -0.05) is 23.7 Å². The van der Waals surface area contributed by atoms with Gasteiger partial charge in [0.1, 0.15) is 38.1 Å². The molecule has 38 heavy (non-hydrogen) atoms. The molecule has 198 valence electrons. The highest BCUT2D eigenvalue weighted by Gasteiger charge is 2.28. The minimum Gasteiger partial charge on any atom is -0.487 e. The Morgan fingerprint density at radius 1 is 1.34 bits per heavy atom. The molecule has 3 aromatic rings. The van der Waals surface area contributed by atoms with E-state index in [-0.39, 0.29) is 22.8 Å². The molecule has 0 aliphatic carbocycles. The number of nitrogens with zero attached hydrogens (tertiary/aromatic N) is 3. The summed E-state index contributed by atoms with van der Waals surface area (Å²) < 4.78 is 49.0. The number of amidine groups is 1. The van der Waals surface area contributed by atoms with Crippen molar-refractivity contribution in [2.45, 2.75) is 32.5 Å². The van der Waals surface area contributed by atoms with Crippen LogP contribution in [-0.2, 0) is 21.6 Å². The Morgan fingerprint density at radius 2 is 2.08 bits per heavy atom. The Morgan fingerprint density at radius 3 is 2.74 bits per heavy atom. The molecule has 0 spiro atoms. The number of alkyl halides is 2. The van der Waals surface area contributed by atoms with Crippen molar-refractivity contribution in [1.29, 1.82) is 0 Å². The average Bonchev–Trinajstić information content (AvgIpc) is 2.84. The standard InChI is InChI=1S/C25H24BClF3N5O3/c1-13-7-16(23(32-3)33-12-31)15-5-4-6-20(22(15)34-13)37-10-17-18(8-14(28)9-19(17)27)25(2,26)35-21(36)11-38-24(29)30/h4-9,12,24H,10-11H2,1-3H3,(H,35,36)(H2,31,32,33)/t25-/m0/s1. The first-order valence-electron chi connectivity index (χ1n) is 11.2. The van der Waals surface area contributed by atoms with Crippen LogP contribution in [0.4, 0.5) is 13.2 Å². The van der Waals surface area contributed by atoms with Gasteiger partial charge in [-0.25, -0.2) is 14.4 Å². The number of halogens is 4. The summed E-state index contributed by atoms with van der Waals surface area (Å²) in [6, 6.07) is 9.23. The number of para-hydroxylation sites is 1. The molecular weight excluding hydrogens is 522 g/mol. The maximum Gasteiger partial charge on any atom is 0.345 e. The minimum atomic E-state index is -3.14. The van der Waals surface area contributed by atoms with Gasteiger partial charge in [-0.05, 0) is 43.7 Å². The second-order valence-electron chi connectivity index (χ2n) is 8.31. The monoisotopic (exact) mass is 545 g/mol. The Labute approximate surface area is 223 Å². The van der Waals surface area contributed by atoms with Gasteiger partial charge in [0, 0.05) is 34.7 Å². The zero-order valence-electron chi connectivity index (χ0n) is 20.8. The van der Waals surface area contributed by atoms with E-state index < -0.39 is 30.4 Å². The van der Waals surface area contributed by atoms with Gasteiger partial charge in [-0.3, -0.25) is 9.79 Å².